The number of piperazine rings is 1. The molecule has 2 aromatic rings. The van der Waals surface area contributed by atoms with Crippen molar-refractivity contribution in [2.45, 2.75) is 26.3 Å². The van der Waals surface area contributed by atoms with Crippen LogP contribution in [-0.4, -0.2) is 61.5 Å². The van der Waals surface area contributed by atoms with E-state index in [1.807, 2.05) is 29.2 Å². The Balaban J connectivity index is 1.41. The van der Waals surface area contributed by atoms with Crippen molar-refractivity contribution in [2.24, 2.45) is 4.99 Å². The van der Waals surface area contributed by atoms with Gasteiger partial charge in [0, 0.05) is 49.3 Å². The number of guanidine groups is 1. The smallest absolute Gasteiger partial charge is 0.242 e. The number of amides is 1. The van der Waals surface area contributed by atoms with Crippen LogP contribution in [0.1, 0.15) is 30.5 Å². The molecule has 0 unspecified atom stereocenters. The number of rotatable bonds is 6. The number of thiazole rings is 1. The van der Waals surface area contributed by atoms with E-state index < -0.39 is 0 Å². The lowest BCUT2D eigenvalue weighted by Gasteiger charge is -2.36. The molecule has 2 N–H and O–H groups in total. The van der Waals surface area contributed by atoms with E-state index in [9.17, 15) is 4.79 Å². The number of carbonyl (C=O) groups excluding carboxylic acids is 1. The number of nitrogens with one attached hydrogen (secondary N) is 2. The summed E-state index contributed by atoms with van der Waals surface area (Å²) < 4.78 is 0. The normalized spacial score (nSPS) is 14.9. The van der Waals surface area contributed by atoms with Crippen LogP contribution in [0.2, 0.25) is 5.02 Å². The third-order valence-corrected chi connectivity index (χ3v) is 6.14. The van der Waals surface area contributed by atoms with E-state index in [1.54, 1.807) is 18.4 Å². The molecule has 1 saturated heterocycles. The minimum atomic E-state index is 0.0741. The highest BCUT2D eigenvalue weighted by molar-refractivity contribution is 7.09. The van der Waals surface area contributed by atoms with E-state index in [-0.39, 0.29) is 12.5 Å². The molecule has 30 heavy (non-hydrogen) atoms. The van der Waals surface area contributed by atoms with Crippen molar-refractivity contribution in [3.63, 3.8) is 0 Å². The van der Waals surface area contributed by atoms with E-state index in [0.717, 1.165) is 34.5 Å². The van der Waals surface area contributed by atoms with Gasteiger partial charge in [0.1, 0.15) is 5.01 Å². The third-order valence-electron chi connectivity index (χ3n) is 5.02. The lowest BCUT2D eigenvalue weighted by molar-refractivity contribution is -0.130. The fraction of sp³-hybridized carbons (Fsp3) is 0.476. The SMILES string of the molecule is CN=C(NCC(=O)N1CCN(c2ccc(Cl)cc2)CC1)NCc1nc(C(C)C)cs1. The summed E-state index contributed by atoms with van der Waals surface area (Å²) in [5.41, 5.74) is 2.24. The standard InChI is InChI=1S/C21H29ClN6OS/c1-15(2)18-14-30-19(26-18)12-24-21(23-3)25-13-20(29)28-10-8-27(9-11-28)17-6-4-16(22)5-7-17/h4-7,14-15H,8-13H2,1-3H3,(H2,23,24,25). The first-order valence-corrected chi connectivity index (χ1v) is 11.4. The van der Waals surface area contributed by atoms with E-state index in [1.165, 1.54) is 0 Å². The van der Waals surface area contributed by atoms with E-state index in [4.69, 9.17) is 11.6 Å². The highest BCUT2D eigenvalue weighted by Gasteiger charge is 2.21. The van der Waals surface area contributed by atoms with Crippen molar-refractivity contribution in [2.75, 3.05) is 44.7 Å². The van der Waals surface area contributed by atoms with Gasteiger partial charge in [-0.1, -0.05) is 25.4 Å². The molecule has 1 aromatic heterocycles. The number of halogens is 1. The number of aliphatic imine (C=N–C) groups is 1. The number of carbonyl (C=O) groups is 1. The maximum Gasteiger partial charge on any atom is 0.242 e. The molecule has 0 atom stereocenters. The Bertz CT molecular complexity index is 859. The first kappa shape index (κ1) is 22.4. The predicted molar refractivity (Wildman–Crippen MR) is 125 cm³/mol. The Hall–Kier alpha value is -2.32. The molecule has 7 nitrogen and oxygen atoms in total. The van der Waals surface area contributed by atoms with Gasteiger partial charge >= 0.3 is 0 Å². The molecule has 1 aliphatic rings. The molecule has 0 spiro atoms. The monoisotopic (exact) mass is 448 g/mol. The molecule has 1 amide bonds. The second kappa shape index (κ2) is 10.6. The summed E-state index contributed by atoms with van der Waals surface area (Å²) in [7, 11) is 1.70. The van der Waals surface area contributed by atoms with Gasteiger partial charge in [-0.2, -0.15) is 0 Å². The van der Waals surface area contributed by atoms with E-state index in [0.29, 0.717) is 31.5 Å². The molecule has 1 aliphatic heterocycles. The Morgan fingerprint density at radius 1 is 1.20 bits per heavy atom. The van der Waals surface area contributed by atoms with Crippen LogP contribution in [0.25, 0.3) is 0 Å². The summed E-state index contributed by atoms with van der Waals surface area (Å²) in [6, 6.07) is 7.83. The van der Waals surface area contributed by atoms with Crippen LogP contribution >= 0.6 is 22.9 Å². The molecule has 9 heteroatoms. The first-order chi connectivity index (χ1) is 14.5. The lowest BCUT2D eigenvalue weighted by Crippen LogP contribution is -2.52. The number of hydrogen-bond acceptors (Lipinski definition) is 5. The Morgan fingerprint density at radius 2 is 1.90 bits per heavy atom. The van der Waals surface area contributed by atoms with Gasteiger partial charge in [0.15, 0.2) is 5.96 Å². The average Bonchev–Trinajstić information content (AvgIpc) is 3.24. The van der Waals surface area contributed by atoms with E-state index >= 15 is 0 Å². The van der Waals surface area contributed by atoms with Crippen molar-refractivity contribution in [1.82, 2.24) is 20.5 Å². The second-order valence-corrected chi connectivity index (χ2v) is 8.82. The van der Waals surface area contributed by atoms with Gasteiger partial charge in [0.2, 0.25) is 5.91 Å². The topological polar surface area (TPSA) is 72.9 Å². The Labute approximate surface area is 187 Å². The Kier molecular flexibility index (Phi) is 7.93. The number of hydrogen-bond donors (Lipinski definition) is 2. The second-order valence-electron chi connectivity index (χ2n) is 7.44. The summed E-state index contributed by atoms with van der Waals surface area (Å²) in [6.45, 7) is 8.09. The van der Waals surface area contributed by atoms with Crippen LogP contribution in [0.5, 0.6) is 0 Å². The van der Waals surface area contributed by atoms with Crippen molar-refractivity contribution in [3.8, 4) is 0 Å². The number of benzene rings is 1. The zero-order valence-electron chi connectivity index (χ0n) is 17.7. The maximum absolute atomic E-state index is 12.6. The molecule has 1 fully saturated rings. The summed E-state index contributed by atoms with van der Waals surface area (Å²) in [6.07, 6.45) is 0. The maximum atomic E-state index is 12.6. The highest BCUT2D eigenvalue weighted by Crippen LogP contribution is 2.19. The van der Waals surface area contributed by atoms with Crippen molar-refractivity contribution in [1.29, 1.82) is 0 Å². The van der Waals surface area contributed by atoms with E-state index in [2.05, 4.69) is 44.7 Å². The van der Waals surface area contributed by atoms with Crippen molar-refractivity contribution < 1.29 is 4.79 Å². The zero-order valence-corrected chi connectivity index (χ0v) is 19.3. The van der Waals surface area contributed by atoms with Gasteiger partial charge in [-0.05, 0) is 30.2 Å². The third kappa shape index (κ3) is 6.09. The highest BCUT2D eigenvalue weighted by atomic mass is 35.5. The van der Waals surface area contributed by atoms with Gasteiger partial charge < -0.3 is 20.4 Å². The predicted octanol–water partition coefficient (Wildman–Crippen LogP) is 2.93. The van der Waals surface area contributed by atoms with Crippen LogP contribution in [0.15, 0.2) is 34.6 Å². The summed E-state index contributed by atoms with van der Waals surface area (Å²) in [5.74, 6) is 1.10. The van der Waals surface area contributed by atoms with Crippen LogP contribution in [0.4, 0.5) is 5.69 Å². The van der Waals surface area contributed by atoms with Crippen LogP contribution < -0.4 is 15.5 Å². The minimum absolute atomic E-state index is 0.0741. The Morgan fingerprint density at radius 3 is 2.50 bits per heavy atom. The zero-order chi connectivity index (χ0) is 21.5. The van der Waals surface area contributed by atoms with Crippen LogP contribution in [0.3, 0.4) is 0 Å². The molecule has 162 valence electrons. The molecule has 0 saturated carbocycles. The van der Waals surface area contributed by atoms with Gasteiger partial charge in [-0.15, -0.1) is 11.3 Å². The largest absolute Gasteiger partial charge is 0.368 e. The molecular weight excluding hydrogens is 420 g/mol. The summed E-state index contributed by atoms with van der Waals surface area (Å²) in [4.78, 5) is 25.6. The van der Waals surface area contributed by atoms with Crippen molar-refractivity contribution >= 4 is 40.5 Å². The number of nitrogens with zero attached hydrogens (tertiary/aromatic N) is 4. The summed E-state index contributed by atoms with van der Waals surface area (Å²) in [5, 5.41) is 10.2. The minimum Gasteiger partial charge on any atom is -0.368 e. The molecule has 0 aliphatic carbocycles. The molecule has 0 radical (unpaired) electrons. The number of anilines is 1. The lowest BCUT2D eigenvalue weighted by atomic mass is 10.2. The molecular formula is C21H29ClN6OS. The summed E-state index contributed by atoms with van der Waals surface area (Å²) >= 11 is 7.60. The molecule has 1 aromatic carbocycles. The first-order valence-electron chi connectivity index (χ1n) is 10.1. The van der Waals surface area contributed by atoms with Crippen LogP contribution in [-0.2, 0) is 11.3 Å². The van der Waals surface area contributed by atoms with Crippen LogP contribution in [0, 0.1) is 0 Å². The molecule has 2 heterocycles. The van der Waals surface area contributed by atoms with Gasteiger partial charge in [0.25, 0.3) is 0 Å². The fourth-order valence-corrected chi connectivity index (χ4v) is 4.21. The quantitative estimate of drug-likeness (QED) is 0.525. The van der Waals surface area contributed by atoms with Gasteiger partial charge in [-0.25, -0.2) is 4.98 Å². The molecule has 0 bridgehead atoms. The average molecular weight is 449 g/mol. The van der Waals surface area contributed by atoms with Crippen molar-refractivity contribution in [3.05, 3.63) is 45.4 Å². The van der Waals surface area contributed by atoms with Gasteiger partial charge in [0.05, 0.1) is 18.8 Å². The number of aromatic nitrogens is 1. The van der Waals surface area contributed by atoms with Gasteiger partial charge in [-0.3, -0.25) is 9.79 Å². The molecule has 3 rings (SSSR count). The fourth-order valence-electron chi connectivity index (χ4n) is 3.19.